The molecule has 3 aromatic rings. The zero-order chi connectivity index (χ0) is 18.1. The van der Waals surface area contributed by atoms with Crippen molar-refractivity contribution in [1.82, 2.24) is 9.97 Å². The first-order valence-corrected chi connectivity index (χ1v) is 9.07. The van der Waals surface area contributed by atoms with Crippen LogP contribution in [-0.4, -0.2) is 29.6 Å². The van der Waals surface area contributed by atoms with E-state index in [1.807, 2.05) is 0 Å². The summed E-state index contributed by atoms with van der Waals surface area (Å²) in [5.74, 6) is 0.722. The Balaban J connectivity index is 1.57. The number of methoxy groups -OCH3 is 1. The molecule has 0 fully saturated rings. The molecule has 1 aliphatic rings. The monoisotopic (exact) mass is 371 g/mol. The zero-order valence-corrected chi connectivity index (χ0v) is 14.9. The van der Waals surface area contributed by atoms with Gasteiger partial charge >= 0.3 is 0 Å². The number of hydrogen-bond donors (Lipinski definition) is 2. The number of rotatable bonds is 4. The number of hydrogen-bond acceptors (Lipinski definition) is 6. The number of benzene rings is 1. The lowest BCUT2D eigenvalue weighted by Crippen LogP contribution is -2.20. The van der Waals surface area contributed by atoms with Crippen LogP contribution >= 0.6 is 11.3 Å². The van der Waals surface area contributed by atoms with E-state index in [4.69, 9.17) is 9.47 Å². The van der Waals surface area contributed by atoms with Crippen molar-refractivity contribution in [2.45, 2.75) is 19.3 Å². The lowest BCUT2D eigenvalue weighted by molar-refractivity contribution is -0.115. The molecule has 1 amide bonds. The Morgan fingerprint density at radius 3 is 3.19 bits per heavy atom. The zero-order valence-electron chi connectivity index (χ0n) is 14.1. The number of nitrogens with zero attached hydrogens (tertiary/aromatic N) is 1. The second kappa shape index (κ2) is 6.80. The van der Waals surface area contributed by atoms with Gasteiger partial charge in [0.1, 0.15) is 16.4 Å². The molecule has 2 aromatic heterocycles. The van der Waals surface area contributed by atoms with Crippen LogP contribution in [-0.2, 0) is 17.6 Å². The van der Waals surface area contributed by atoms with E-state index in [1.165, 1.54) is 11.3 Å². The normalized spacial score (nSPS) is 13.1. The molecular formula is C18H17N3O4S. The molecule has 1 aromatic carbocycles. The summed E-state index contributed by atoms with van der Waals surface area (Å²) in [7, 11) is 1.56. The molecule has 0 bridgehead atoms. The van der Waals surface area contributed by atoms with E-state index in [0.717, 1.165) is 23.5 Å². The summed E-state index contributed by atoms with van der Waals surface area (Å²) in [6.45, 7) is 0.660. The minimum atomic E-state index is -0.265. The summed E-state index contributed by atoms with van der Waals surface area (Å²) in [4.78, 5) is 32.5. The second-order valence-corrected chi connectivity index (χ2v) is 6.93. The van der Waals surface area contributed by atoms with Crippen LogP contribution in [0.1, 0.15) is 17.8 Å². The number of anilines is 1. The lowest BCUT2D eigenvalue weighted by Gasteiger charge is -2.11. The molecule has 8 heteroatoms. The van der Waals surface area contributed by atoms with Gasteiger partial charge in [-0.2, -0.15) is 0 Å². The molecule has 134 valence electrons. The summed E-state index contributed by atoms with van der Waals surface area (Å²) in [6.07, 6.45) is 1.69. The minimum absolute atomic E-state index is 0.0220. The van der Waals surface area contributed by atoms with Crippen molar-refractivity contribution in [2.24, 2.45) is 0 Å². The smallest absolute Gasteiger partial charge is 0.260 e. The van der Waals surface area contributed by atoms with E-state index in [9.17, 15) is 9.59 Å². The number of nitrogens with one attached hydrogen (secondary N) is 2. The standard InChI is InChI=1S/C18H17N3O4S/c1-24-11-5-2-4-10(8-11)19-14(22)9-13-20-16(23)15-12-6-3-7-25-18(12)26-17(15)21-13/h2,4-5,8H,3,6-7,9H2,1H3,(H,19,22)(H,20,21,23). The fraction of sp³-hybridized carbons (Fsp3) is 0.278. The first-order valence-electron chi connectivity index (χ1n) is 8.25. The summed E-state index contributed by atoms with van der Waals surface area (Å²) >= 11 is 1.36. The van der Waals surface area contributed by atoms with Crippen molar-refractivity contribution in [3.05, 3.63) is 46.0 Å². The van der Waals surface area contributed by atoms with Crippen molar-refractivity contribution in [3.63, 3.8) is 0 Å². The first kappa shape index (κ1) is 16.6. The van der Waals surface area contributed by atoms with Crippen LogP contribution in [0, 0.1) is 0 Å². The molecule has 0 radical (unpaired) electrons. The molecule has 0 atom stereocenters. The van der Waals surface area contributed by atoms with E-state index in [2.05, 4.69) is 15.3 Å². The molecule has 7 nitrogen and oxygen atoms in total. The van der Waals surface area contributed by atoms with Crippen LogP contribution in [0.3, 0.4) is 0 Å². The van der Waals surface area contributed by atoms with Gasteiger partial charge in [-0.15, -0.1) is 0 Å². The van der Waals surface area contributed by atoms with Crippen molar-refractivity contribution in [1.29, 1.82) is 0 Å². The number of fused-ring (bicyclic) bond motifs is 3. The number of aromatic nitrogens is 2. The van der Waals surface area contributed by atoms with Gasteiger partial charge in [-0.3, -0.25) is 9.59 Å². The predicted molar refractivity (Wildman–Crippen MR) is 99.4 cm³/mol. The Bertz CT molecular complexity index is 1040. The molecule has 0 saturated heterocycles. The largest absolute Gasteiger partial charge is 0.497 e. The van der Waals surface area contributed by atoms with E-state index < -0.39 is 0 Å². The van der Waals surface area contributed by atoms with Gasteiger partial charge in [0.25, 0.3) is 5.56 Å². The van der Waals surface area contributed by atoms with Crippen molar-refractivity contribution in [3.8, 4) is 10.8 Å². The Morgan fingerprint density at radius 1 is 1.46 bits per heavy atom. The number of ether oxygens (including phenoxy) is 2. The van der Waals surface area contributed by atoms with Crippen LogP contribution in [0.2, 0.25) is 0 Å². The average molecular weight is 371 g/mol. The van der Waals surface area contributed by atoms with Gasteiger partial charge in [0.2, 0.25) is 5.91 Å². The third-order valence-electron chi connectivity index (χ3n) is 4.16. The highest BCUT2D eigenvalue weighted by Gasteiger charge is 2.21. The van der Waals surface area contributed by atoms with E-state index in [1.54, 1.807) is 31.4 Å². The third-order valence-corrected chi connectivity index (χ3v) is 5.20. The van der Waals surface area contributed by atoms with Crippen molar-refractivity contribution in [2.75, 3.05) is 19.0 Å². The maximum atomic E-state index is 12.5. The highest BCUT2D eigenvalue weighted by molar-refractivity contribution is 7.20. The molecule has 26 heavy (non-hydrogen) atoms. The van der Waals surface area contributed by atoms with Gasteiger partial charge in [0.15, 0.2) is 5.06 Å². The number of amides is 1. The SMILES string of the molecule is COc1cccc(NC(=O)Cc2nc3sc4c(c3c(=O)[nH]2)CCCO4)c1. The fourth-order valence-corrected chi connectivity index (χ4v) is 4.11. The van der Waals surface area contributed by atoms with Gasteiger partial charge in [0.05, 0.1) is 25.5 Å². The Hall–Kier alpha value is -2.87. The van der Waals surface area contributed by atoms with Gasteiger partial charge in [0, 0.05) is 17.3 Å². The summed E-state index contributed by atoms with van der Waals surface area (Å²) in [5, 5.41) is 4.13. The van der Waals surface area contributed by atoms with Crippen LogP contribution in [0.5, 0.6) is 10.8 Å². The summed E-state index contributed by atoms with van der Waals surface area (Å²) < 4.78 is 10.8. The topological polar surface area (TPSA) is 93.3 Å². The number of aromatic amines is 1. The molecular weight excluding hydrogens is 354 g/mol. The fourth-order valence-electron chi connectivity index (χ4n) is 2.99. The minimum Gasteiger partial charge on any atom is -0.497 e. The van der Waals surface area contributed by atoms with Gasteiger partial charge in [-0.1, -0.05) is 17.4 Å². The molecule has 0 unspecified atom stereocenters. The Morgan fingerprint density at radius 2 is 2.35 bits per heavy atom. The summed E-state index contributed by atoms with van der Waals surface area (Å²) in [5.41, 5.74) is 1.33. The predicted octanol–water partition coefficient (Wildman–Crippen LogP) is 2.50. The quantitative estimate of drug-likeness (QED) is 0.735. The molecule has 2 N–H and O–H groups in total. The van der Waals surface area contributed by atoms with Gasteiger partial charge < -0.3 is 19.8 Å². The number of aryl methyl sites for hydroxylation is 1. The van der Waals surface area contributed by atoms with Crippen LogP contribution in [0.15, 0.2) is 29.1 Å². The van der Waals surface area contributed by atoms with E-state index >= 15 is 0 Å². The van der Waals surface area contributed by atoms with Gasteiger partial charge in [-0.05, 0) is 25.0 Å². The molecule has 3 heterocycles. The molecule has 0 spiro atoms. The maximum absolute atomic E-state index is 12.5. The molecule has 4 rings (SSSR count). The van der Waals surface area contributed by atoms with Crippen molar-refractivity contribution >= 4 is 33.1 Å². The Labute approximate surface area is 153 Å². The molecule has 1 aliphatic heterocycles. The lowest BCUT2D eigenvalue weighted by atomic mass is 10.1. The van der Waals surface area contributed by atoms with Crippen molar-refractivity contribution < 1.29 is 14.3 Å². The first-order chi connectivity index (χ1) is 12.6. The van der Waals surface area contributed by atoms with Gasteiger partial charge in [-0.25, -0.2) is 4.98 Å². The highest BCUT2D eigenvalue weighted by atomic mass is 32.1. The molecule has 0 saturated carbocycles. The third kappa shape index (κ3) is 3.15. The van der Waals surface area contributed by atoms with Crippen LogP contribution in [0.25, 0.3) is 10.2 Å². The Kier molecular flexibility index (Phi) is 4.34. The highest BCUT2D eigenvalue weighted by Crippen LogP contribution is 2.37. The second-order valence-electron chi connectivity index (χ2n) is 5.97. The van der Waals surface area contributed by atoms with E-state index in [0.29, 0.717) is 34.1 Å². The number of thiophene rings is 1. The van der Waals surface area contributed by atoms with Crippen LogP contribution in [0.4, 0.5) is 5.69 Å². The number of carbonyl (C=O) groups excluding carboxylic acids is 1. The number of carbonyl (C=O) groups is 1. The maximum Gasteiger partial charge on any atom is 0.260 e. The van der Waals surface area contributed by atoms with Crippen LogP contribution < -0.4 is 20.3 Å². The van der Waals surface area contributed by atoms with E-state index in [-0.39, 0.29) is 17.9 Å². The average Bonchev–Trinajstić information content (AvgIpc) is 3.00. The number of H-pyrrole nitrogens is 1. The summed E-state index contributed by atoms with van der Waals surface area (Å²) in [6, 6.07) is 7.08. The molecule has 0 aliphatic carbocycles.